The zero-order valence-electron chi connectivity index (χ0n) is 10.8. The van der Waals surface area contributed by atoms with E-state index < -0.39 is 6.43 Å². The molecule has 0 unspecified atom stereocenters. The highest BCUT2D eigenvalue weighted by atomic mass is 19.3. The summed E-state index contributed by atoms with van der Waals surface area (Å²) in [5.41, 5.74) is 7.58. The van der Waals surface area contributed by atoms with Crippen LogP contribution in [-0.2, 0) is 0 Å². The van der Waals surface area contributed by atoms with Crippen LogP contribution in [0.5, 0.6) is 0 Å². The zero-order chi connectivity index (χ0) is 14.7. The molecule has 0 aromatic heterocycles. The van der Waals surface area contributed by atoms with Gasteiger partial charge in [-0.15, -0.1) is 0 Å². The molecule has 0 spiro atoms. The van der Waals surface area contributed by atoms with Crippen LogP contribution in [0.3, 0.4) is 0 Å². The predicted octanol–water partition coefficient (Wildman–Crippen LogP) is 4.13. The fourth-order valence-corrected chi connectivity index (χ4v) is 1.94. The molecule has 0 amide bonds. The number of alkyl halides is 2. The highest BCUT2D eigenvalue weighted by Crippen LogP contribution is 2.32. The summed E-state index contributed by atoms with van der Waals surface area (Å²) in [6, 6.07) is 11.6. The summed E-state index contributed by atoms with van der Waals surface area (Å²) in [6.45, 7) is 1.79. The lowest BCUT2D eigenvalue weighted by atomic mass is 10.1. The lowest BCUT2D eigenvalue weighted by Gasteiger charge is -2.14. The van der Waals surface area contributed by atoms with Crippen molar-refractivity contribution in [2.75, 3.05) is 11.1 Å². The van der Waals surface area contributed by atoms with Gasteiger partial charge in [-0.1, -0.05) is 12.1 Å². The van der Waals surface area contributed by atoms with Crippen LogP contribution in [0.1, 0.15) is 23.1 Å². The van der Waals surface area contributed by atoms with E-state index in [0.717, 1.165) is 5.56 Å². The molecule has 0 saturated carbocycles. The van der Waals surface area contributed by atoms with E-state index in [1.54, 1.807) is 25.1 Å². The van der Waals surface area contributed by atoms with Gasteiger partial charge >= 0.3 is 0 Å². The Bertz CT molecular complexity index is 675. The molecule has 0 atom stereocenters. The van der Waals surface area contributed by atoms with Crippen molar-refractivity contribution in [3.63, 3.8) is 0 Å². The SMILES string of the molecule is Cc1cccc(Nc2ccc(N)cc2C(F)F)c1C#N. The van der Waals surface area contributed by atoms with Crippen LogP contribution in [-0.4, -0.2) is 0 Å². The molecule has 5 heteroatoms. The van der Waals surface area contributed by atoms with Crippen LogP contribution in [0.15, 0.2) is 36.4 Å². The Morgan fingerprint density at radius 1 is 1.20 bits per heavy atom. The number of rotatable bonds is 3. The quantitative estimate of drug-likeness (QED) is 0.826. The van der Waals surface area contributed by atoms with E-state index in [2.05, 4.69) is 11.4 Å². The summed E-state index contributed by atoms with van der Waals surface area (Å²) in [7, 11) is 0. The summed E-state index contributed by atoms with van der Waals surface area (Å²) in [6.07, 6.45) is -2.64. The van der Waals surface area contributed by atoms with Gasteiger partial charge < -0.3 is 11.1 Å². The zero-order valence-corrected chi connectivity index (χ0v) is 10.8. The molecular formula is C15H13F2N3. The van der Waals surface area contributed by atoms with E-state index in [4.69, 9.17) is 11.0 Å². The second kappa shape index (κ2) is 5.57. The van der Waals surface area contributed by atoms with Crippen molar-refractivity contribution in [2.45, 2.75) is 13.3 Å². The topological polar surface area (TPSA) is 61.8 Å². The van der Waals surface area contributed by atoms with Crippen molar-refractivity contribution in [3.05, 3.63) is 53.1 Å². The van der Waals surface area contributed by atoms with Crippen molar-refractivity contribution in [1.82, 2.24) is 0 Å². The first-order valence-electron chi connectivity index (χ1n) is 5.97. The first-order valence-corrected chi connectivity index (χ1v) is 5.97. The average Bonchev–Trinajstić information content (AvgIpc) is 2.41. The smallest absolute Gasteiger partial charge is 0.265 e. The number of nitrogen functional groups attached to an aromatic ring is 1. The number of nitriles is 1. The fraction of sp³-hybridized carbons (Fsp3) is 0.133. The van der Waals surface area contributed by atoms with Gasteiger partial charge in [0.15, 0.2) is 0 Å². The number of halogens is 2. The van der Waals surface area contributed by atoms with Gasteiger partial charge in [0.2, 0.25) is 0 Å². The molecule has 2 rings (SSSR count). The van der Waals surface area contributed by atoms with E-state index in [9.17, 15) is 8.78 Å². The van der Waals surface area contributed by atoms with Gasteiger partial charge in [-0.25, -0.2) is 8.78 Å². The first-order chi connectivity index (χ1) is 9.52. The number of nitrogens with one attached hydrogen (secondary N) is 1. The third-order valence-electron chi connectivity index (χ3n) is 2.96. The Morgan fingerprint density at radius 3 is 2.60 bits per heavy atom. The molecule has 0 aliphatic rings. The number of nitrogens with two attached hydrogens (primary N) is 1. The van der Waals surface area contributed by atoms with Crippen molar-refractivity contribution in [2.24, 2.45) is 0 Å². The number of hydrogen-bond donors (Lipinski definition) is 2. The highest BCUT2D eigenvalue weighted by Gasteiger charge is 2.15. The van der Waals surface area contributed by atoms with Crippen molar-refractivity contribution in [1.29, 1.82) is 5.26 Å². The van der Waals surface area contributed by atoms with Gasteiger partial charge in [0.05, 0.1) is 11.3 Å². The molecule has 0 saturated heterocycles. The van der Waals surface area contributed by atoms with Crippen LogP contribution in [0.2, 0.25) is 0 Å². The number of nitrogens with zero attached hydrogens (tertiary/aromatic N) is 1. The Labute approximate surface area is 115 Å². The molecule has 2 aromatic carbocycles. The molecule has 0 aliphatic heterocycles. The van der Waals surface area contributed by atoms with Crippen molar-refractivity contribution in [3.8, 4) is 6.07 Å². The largest absolute Gasteiger partial charge is 0.399 e. The number of aryl methyl sites for hydroxylation is 1. The van der Waals surface area contributed by atoms with E-state index in [1.807, 2.05) is 0 Å². The van der Waals surface area contributed by atoms with Gasteiger partial charge in [0.1, 0.15) is 6.07 Å². The summed E-state index contributed by atoms with van der Waals surface area (Å²) in [5, 5.41) is 12.0. The summed E-state index contributed by atoms with van der Waals surface area (Å²) in [4.78, 5) is 0. The molecular weight excluding hydrogens is 260 g/mol. The minimum absolute atomic E-state index is 0.185. The molecule has 0 radical (unpaired) electrons. The first kappa shape index (κ1) is 13.8. The predicted molar refractivity (Wildman–Crippen MR) is 75.0 cm³/mol. The van der Waals surface area contributed by atoms with Gasteiger partial charge in [0.25, 0.3) is 6.43 Å². The van der Waals surface area contributed by atoms with Crippen molar-refractivity contribution < 1.29 is 8.78 Å². The van der Waals surface area contributed by atoms with Crippen molar-refractivity contribution >= 4 is 17.1 Å². The van der Waals surface area contributed by atoms with Crippen LogP contribution >= 0.6 is 0 Å². The van der Waals surface area contributed by atoms with Crippen LogP contribution < -0.4 is 11.1 Å². The van der Waals surface area contributed by atoms with Crippen LogP contribution in [0.25, 0.3) is 0 Å². The van der Waals surface area contributed by atoms with Gasteiger partial charge in [-0.3, -0.25) is 0 Å². The van der Waals surface area contributed by atoms with E-state index in [1.165, 1.54) is 18.2 Å². The number of hydrogen-bond acceptors (Lipinski definition) is 3. The molecule has 102 valence electrons. The fourth-order valence-electron chi connectivity index (χ4n) is 1.94. The Kier molecular flexibility index (Phi) is 3.85. The molecule has 0 fully saturated rings. The maximum Gasteiger partial charge on any atom is 0.265 e. The lowest BCUT2D eigenvalue weighted by molar-refractivity contribution is 0.152. The monoisotopic (exact) mass is 273 g/mol. The van der Waals surface area contributed by atoms with Gasteiger partial charge in [0, 0.05) is 16.9 Å². The summed E-state index contributed by atoms with van der Waals surface area (Å²) in [5.74, 6) is 0. The second-order valence-corrected chi connectivity index (χ2v) is 4.38. The Hall–Kier alpha value is -2.61. The lowest BCUT2D eigenvalue weighted by Crippen LogP contribution is -2.00. The maximum atomic E-state index is 13.0. The molecule has 0 bridgehead atoms. The molecule has 3 nitrogen and oxygen atoms in total. The highest BCUT2D eigenvalue weighted by molar-refractivity contribution is 5.71. The Morgan fingerprint density at radius 2 is 1.95 bits per heavy atom. The van der Waals surface area contributed by atoms with E-state index >= 15 is 0 Å². The van der Waals surface area contributed by atoms with Gasteiger partial charge in [-0.05, 0) is 36.8 Å². The molecule has 3 N–H and O–H groups in total. The third kappa shape index (κ3) is 2.69. The number of benzene rings is 2. The Balaban J connectivity index is 2.46. The number of anilines is 3. The normalized spacial score (nSPS) is 10.3. The van der Waals surface area contributed by atoms with Crippen LogP contribution in [0.4, 0.5) is 25.8 Å². The minimum atomic E-state index is -2.64. The molecule has 20 heavy (non-hydrogen) atoms. The molecule has 0 aliphatic carbocycles. The van der Waals surface area contributed by atoms with E-state index in [-0.39, 0.29) is 16.9 Å². The summed E-state index contributed by atoms with van der Waals surface area (Å²) >= 11 is 0. The molecule has 2 aromatic rings. The average molecular weight is 273 g/mol. The maximum absolute atomic E-state index is 13.0. The summed E-state index contributed by atoms with van der Waals surface area (Å²) < 4.78 is 26.0. The van der Waals surface area contributed by atoms with Gasteiger partial charge in [-0.2, -0.15) is 5.26 Å². The third-order valence-corrected chi connectivity index (χ3v) is 2.96. The minimum Gasteiger partial charge on any atom is -0.399 e. The van der Waals surface area contributed by atoms with E-state index in [0.29, 0.717) is 11.3 Å². The standard InChI is InChI=1S/C15H13F2N3/c1-9-3-2-4-13(12(9)8-18)20-14-6-5-10(19)7-11(14)15(16)17/h2-7,15,20H,19H2,1H3. The molecule has 0 heterocycles. The van der Waals surface area contributed by atoms with Crippen LogP contribution in [0, 0.1) is 18.3 Å². The second-order valence-electron chi connectivity index (χ2n) is 4.38.